The zero-order valence-electron chi connectivity index (χ0n) is 7.59. The van der Waals surface area contributed by atoms with E-state index in [2.05, 4.69) is 13.2 Å². The summed E-state index contributed by atoms with van der Waals surface area (Å²) in [6.45, 7) is 9.42. The second-order valence-electron chi connectivity index (χ2n) is 2.53. The minimum Gasteiger partial charge on any atom is -0.392 e. The van der Waals surface area contributed by atoms with Crippen LogP contribution < -0.4 is 0 Å². The molecule has 0 aliphatic heterocycles. The van der Waals surface area contributed by atoms with Gasteiger partial charge in [0.25, 0.3) is 0 Å². The van der Waals surface area contributed by atoms with Crippen LogP contribution in [-0.2, 0) is 0 Å². The lowest BCUT2D eigenvalue weighted by Gasteiger charge is -1.99. The Balaban J connectivity index is 4.26. The molecule has 0 unspecified atom stereocenters. The first kappa shape index (κ1) is 10.9. The van der Waals surface area contributed by atoms with Crippen LogP contribution in [0.3, 0.4) is 0 Å². The van der Waals surface area contributed by atoms with Crippen molar-refractivity contribution in [2.45, 2.75) is 13.3 Å². The van der Waals surface area contributed by atoms with E-state index < -0.39 is 0 Å². The van der Waals surface area contributed by atoms with Crippen LogP contribution in [-0.4, -0.2) is 11.7 Å². The van der Waals surface area contributed by atoms with Gasteiger partial charge in [0.15, 0.2) is 0 Å². The van der Waals surface area contributed by atoms with Crippen molar-refractivity contribution < 1.29 is 5.11 Å². The maximum Gasteiger partial charge on any atom is 0.0648 e. The maximum atomic E-state index is 8.89. The van der Waals surface area contributed by atoms with Crippen molar-refractivity contribution in [3.05, 3.63) is 48.6 Å². The summed E-state index contributed by atoms with van der Waals surface area (Å²) in [6.07, 6.45) is 8.18. The van der Waals surface area contributed by atoms with E-state index in [-0.39, 0.29) is 6.61 Å². The molecule has 1 heteroatoms. The third-order valence-corrected chi connectivity index (χ3v) is 1.38. The fourth-order valence-electron chi connectivity index (χ4n) is 0.879. The first-order chi connectivity index (χ1) is 5.74. The molecule has 0 amide bonds. The zero-order valence-corrected chi connectivity index (χ0v) is 7.59. The third kappa shape index (κ3) is 4.69. The topological polar surface area (TPSA) is 20.2 Å². The van der Waals surface area contributed by atoms with Gasteiger partial charge in [0.05, 0.1) is 6.61 Å². The lowest BCUT2D eigenvalue weighted by atomic mass is 10.1. The Morgan fingerprint density at radius 2 is 2.17 bits per heavy atom. The average molecular weight is 164 g/mol. The molecule has 0 spiro atoms. The van der Waals surface area contributed by atoms with Crippen molar-refractivity contribution in [1.82, 2.24) is 0 Å². The molecule has 0 aliphatic carbocycles. The standard InChI is InChI=1S/C11H16O/c1-4-6-10(3)8-11(9-12)7-5-2/h4-6,8,12H,2-3,7,9H2,1H3. The quantitative estimate of drug-likeness (QED) is 0.489. The normalized spacial score (nSPS) is 12.0. The molecule has 0 saturated carbocycles. The van der Waals surface area contributed by atoms with Crippen molar-refractivity contribution in [2.75, 3.05) is 6.61 Å². The van der Waals surface area contributed by atoms with Crippen LogP contribution in [0, 0.1) is 0 Å². The predicted molar refractivity (Wildman–Crippen MR) is 53.9 cm³/mol. The fraction of sp³-hybridized carbons (Fsp3) is 0.273. The Bertz CT molecular complexity index is 209. The van der Waals surface area contributed by atoms with Crippen LogP contribution in [0.1, 0.15) is 13.3 Å². The highest BCUT2D eigenvalue weighted by Gasteiger charge is 1.91. The van der Waals surface area contributed by atoms with Crippen molar-refractivity contribution >= 4 is 0 Å². The van der Waals surface area contributed by atoms with Crippen LogP contribution in [0.2, 0.25) is 0 Å². The largest absolute Gasteiger partial charge is 0.392 e. The van der Waals surface area contributed by atoms with Crippen LogP contribution in [0.5, 0.6) is 0 Å². The number of allylic oxidation sites excluding steroid dienone is 5. The Labute approximate surface area is 74.4 Å². The van der Waals surface area contributed by atoms with Crippen molar-refractivity contribution in [3.63, 3.8) is 0 Å². The van der Waals surface area contributed by atoms with Crippen molar-refractivity contribution in [2.24, 2.45) is 0 Å². The van der Waals surface area contributed by atoms with E-state index in [1.54, 1.807) is 6.08 Å². The summed E-state index contributed by atoms with van der Waals surface area (Å²) in [5.74, 6) is 0. The van der Waals surface area contributed by atoms with Gasteiger partial charge in [-0.05, 0) is 24.5 Å². The van der Waals surface area contributed by atoms with Crippen LogP contribution in [0.4, 0.5) is 0 Å². The summed E-state index contributed by atoms with van der Waals surface area (Å²) in [5, 5.41) is 8.89. The molecule has 66 valence electrons. The van der Waals surface area contributed by atoms with Gasteiger partial charge < -0.3 is 5.11 Å². The number of hydrogen-bond acceptors (Lipinski definition) is 1. The van der Waals surface area contributed by atoms with Crippen LogP contribution >= 0.6 is 0 Å². The Morgan fingerprint density at radius 1 is 1.50 bits per heavy atom. The first-order valence-corrected chi connectivity index (χ1v) is 3.97. The van der Waals surface area contributed by atoms with Gasteiger partial charge in [-0.1, -0.05) is 30.9 Å². The highest BCUT2D eigenvalue weighted by molar-refractivity contribution is 5.31. The molecule has 1 nitrogen and oxygen atoms in total. The molecule has 0 aromatic carbocycles. The second kappa shape index (κ2) is 6.62. The second-order valence-corrected chi connectivity index (χ2v) is 2.53. The minimum absolute atomic E-state index is 0.0720. The van der Waals surface area contributed by atoms with Gasteiger partial charge in [0.1, 0.15) is 0 Å². The molecule has 0 saturated heterocycles. The minimum atomic E-state index is 0.0720. The van der Waals surface area contributed by atoms with E-state index >= 15 is 0 Å². The zero-order chi connectivity index (χ0) is 9.40. The van der Waals surface area contributed by atoms with E-state index in [1.165, 1.54) is 0 Å². The highest BCUT2D eigenvalue weighted by Crippen LogP contribution is 2.06. The number of aliphatic hydroxyl groups excluding tert-OH is 1. The van der Waals surface area contributed by atoms with E-state index in [9.17, 15) is 0 Å². The van der Waals surface area contributed by atoms with E-state index in [0.717, 1.165) is 11.1 Å². The molecule has 0 heterocycles. The average Bonchev–Trinajstić information content (AvgIpc) is 2.04. The van der Waals surface area contributed by atoms with Gasteiger partial charge in [-0.2, -0.15) is 0 Å². The fourth-order valence-corrected chi connectivity index (χ4v) is 0.879. The molecule has 0 radical (unpaired) electrons. The molecule has 1 N–H and O–H groups in total. The SMILES string of the molecule is C=CCC(=CC(=C)C=CC)CO. The van der Waals surface area contributed by atoms with E-state index in [1.807, 2.05) is 25.2 Å². The molecule has 0 aromatic heterocycles. The highest BCUT2D eigenvalue weighted by atomic mass is 16.3. The van der Waals surface area contributed by atoms with Gasteiger partial charge >= 0.3 is 0 Å². The Kier molecular flexibility index (Phi) is 6.02. The molecule has 0 aromatic rings. The summed E-state index contributed by atoms with van der Waals surface area (Å²) in [4.78, 5) is 0. The molecular weight excluding hydrogens is 148 g/mol. The van der Waals surface area contributed by atoms with E-state index in [4.69, 9.17) is 5.11 Å². The summed E-state index contributed by atoms with van der Waals surface area (Å²) >= 11 is 0. The Morgan fingerprint density at radius 3 is 2.58 bits per heavy atom. The number of aliphatic hydroxyl groups is 1. The smallest absolute Gasteiger partial charge is 0.0648 e. The van der Waals surface area contributed by atoms with Crippen LogP contribution in [0.25, 0.3) is 0 Å². The van der Waals surface area contributed by atoms with Gasteiger partial charge in [0.2, 0.25) is 0 Å². The molecule has 0 bridgehead atoms. The summed E-state index contributed by atoms with van der Waals surface area (Å²) in [7, 11) is 0. The molecule has 0 atom stereocenters. The maximum absolute atomic E-state index is 8.89. The summed E-state index contributed by atoms with van der Waals surface area (Å²) in [6, 6.07) is 0. The summed E-state index contributed by atoms with van der Waals surface area (Å²) in [5.41, 5.74) is 1.84. The predicted octanol–water partition coefficient (Wildman–Crippen LogP) is 2.61. The monoisotopic (exact) mass is 164 g/mol. The number of rotatable bonds is 5. The van der Waals surface area contributed by atoms with Gasteiger partial charge in [-0.3, -0.25) is 0 Å². The van der Waals surface area contributed by atoms with E-state index in [0.29, 0.717) is 6.42 Å². The van der Waals surface area contributed by atoms with Gasteiger partial charge in [-0.15, -0.1) is 6.58 Å². The molecular formula is C11H16O. The van der Waals surface area contributed by atoms with Gasteiger partial charge in [0, 0.05) is 0 Å². The molecule has 12 heavy (non-hydrogen) atoms. The van der Waals surface area contributed by atoms with Crippen molar-refractivity contribution in [1.29, 1.82) is 0 Å². The van der Waals surface area contributed by atoms with Gasteiger partial charge in [-0.25, -0.2) is 0 Å². The lowest BCUT2D eigenvalue weighted by molar-refractivity contribution is 0.329. The Hall–Kier alpha value is -1.08. The summed E-state index contributed by atoms with van der Waals surface area (Å²) < 4.78 is 0. The lowest BCUT2D eigenvalue weighted by Crippen LogP contribution is -1.88. The molecule has 0 fully saturated rings. The molecule has 0 rings (SSSR count). The molecule has 0 aliphatic rings. The number of hydrogen-bond donors (Lipinski definition) is 1. The first-order valence-electron chi connectivity index (χ1n) is 3.97. The third-order valence-electron chi connectivity index (χ3n) is 1.38. The van der Waals surface area contributed by atoms with Crippen molar-refractivity contribution in [3.8, 4) is 0 Å². The van der Waals surface area contributed by atoms with Crippen LogP contribution in [0.15, 0.2) is 48.6 Å².